The molecule has 0 aliphatic rings. The summed E-state index contributed by atoms with van der Waals surface area (Å²) in [7, 11) is 0. The summed E-state index contributed by atoms with van der Waals surface area (Å²) in [6.07, 6.45) is -7.22. The first-order valence-corrected chi connectivity index (χ1v) is 5.79. The van der Waals surface area contributed by atoms with Crippen LogP contribution >= 0.6 is 31.9 Å². The van der Waals surface area contributed by atoms with Crippen molar-refractivity contribution in [2.24, 2.45) is 0 Å². The SMILES string of the molecule is FC(F)c1c(C(F)(F)F)ncc(CBr)c1Br. The first-order chi connectivity index (χ1) is 7.29. The Morgan fingerprint density at radius 3 is 2.25 bits per heavy atom. The minimum atomic E-state index is -4.89. The maximum Gasteiger partial charge on any atom is 0.433 e. The normalized spacial score (nSPS) is 12.2. The Balaban J connectivity index is 3.47. The van der Waals surface area contributed by atoms with Gasteiger partial charge in [0.1, 0.15) is 0 Å². The van der Waals surface area contributed by atoms with Gasteiger partial charge in [-0.3, -0.25) is 4.98 Å². The fourth-order valence-electron chi connectivity index (χ4n) is 1.06. The number of hydrogen-bond acceptors (Lipinski definition) is 1. The Hall–Kier alpha value is -0.240. The molecule has 1 rings (SSSR count). The fraction of sp³-hybridized carbons (Fsp3) is 0.375. The van der Waals surface area contributed by atoms with Crippen LogP contribution in [0.15, 0.2) is 10.7 Å². The van der Waals surface area contributed by atoms with Crippen LogP contribution in [0.25, 0.3) is 0 Å². The first-order valence-electron chi connectivity index (χ1n) is 3.87. The third kappa shape index (κ3) is 2.71. The van der Waals surface area contributed by atoms with Crippen molar-refractivity contribution in [1.29, 1.82) is 0 Å². The quantitative estimate of drug-likeness (QED) is 0.545. The van der Waals surface area contributed by atoms with Gasteiger partial charge in [-0.15, -0.1) is 0 Å². The maximum absolute atomic E-state index is 12.5. The Morgan fingerprint density at radius 2 is 1.88 bits per heavy atom. The molecule has 0 aromatic carbocycles. The Labute approximate surface area is 104 Å². The molecular weight excluding hydrogens is 365 g/mol. The average Bonchev–Trinajstić information content (AvgIpc) is 2.15. The second-order valence-corrected chi connectivity index (χ2v) is 4.15. The van der Waals surface area contributed by atoms with Crippen molar-refractivity contribution in [3.05, 3.63) is 27.5 Å². The molecule has 16 heavy (non-hydrogen) atoms. The number of hydrogen-bond donors (Lipinski definition) is 0. The van der Waals surface area contributed by atoms with E-state index in [0.29, 0.717) is 0 Å². The first kappa shape index (κ1) is 13.8. The third-order valence-electron chi connectivity index (χ3n) is 1.75. The van der Waals surface area contributed by atoms with E-state index >= 15 is 0 Å². The maximum atomic E-state index is 12.5. The molecule has 0 amide bonds. The molecule has 1 aromatic rings. The van der Waals surface area contributed by atoms with E-state index in [-0.39, 0.29) is 15.4 Å². The van der Waals surface area contributed by atoms with Gasteiger partial charge < -0.3 is 0 Å². The number of pyridine rings is 1. The van der Waals surface area contributed by atoms with E-state index in [1.165, 1.54) is 0 Å². The lowest BCUT2D eigenvalue weighted by molar-refractivity contribution is -0.143. The lowest BCUT2D eigenvalue weighted by atomic mass is 10.1. The largest absolute Gasteiger partial charge is 0.433 e. The Kier molecular flexibility index (Phi) is 4.28. The highest BCUT2D eigenvalue weighted by Gasteiger charge is 2.39. The van der Waals surface area contributed by atoms with Crippen LogP contribution < -0.4 is 0 Å². The van der Waals surface area contributed by atoms with E-state index < -0.39 is 23.9 Å². The van der Waals surface area contributed by atoms with E-state index in [9.17, 15) is 22.0 Å². The standard InChI is InChI=1S/C8H4Br2F5N/c9-1-3-2-16-6(8(13,14)15)4(5(3)10)7(11)12/h2,7H,1H2. The van der Waals surface area contributed by atoms with Crippen molar-refractivity contribution >= 4 is 31.9 Å². The zero-order valence-corrected chi connectivity index (χ0v) is 10.6. The number of nitrogens with zero attached hydrogens (tertiary/aromatic N) is 1. The third-order valence-corrected chi connectivity index (χ3v) is 3.29. The van der Waals surface area contributed by atoms with Crippen LogP contribution in [-0.2, 0) is 11.5 Å². The molecule has 0 spiro atoms. The van der Waals surface area contributed by atoms with Crippen LogP contribution in [0.3, 0.4) is 0 Å². The van der Waals surface area contributed by atoms with Gasteiger partial charge in [0.25, 0.3) is 6.43 Å². The molecule has 1 heterocycles. The molecule has 0 fully saturated rings. The molecule has 0 unspecified atom stereocenters. The van der Waals surface area contributed by atoms with E-state index in [1.807, 2.05) is 0 Å². The lowest BCUT2D eigenvalue weighted by Gasteiger charge is -2.14. The van der Waals surface area contributed by atoms with Crippen molar-refractivity contribution in [2.45, 2.75) is 17.9 Å². The van der Waals surface area contributed by atoms with Crippen LogP contribution in [0.2, 0.25) is 0 Å². The van der Waals surface area contributed by atoms with E-state index in [1.54, 1.807) is 0 Å². The summed E-state index contributed by atoms with van der Waals surface area (Å²) in [5.41, 5.74) is -2.44. The molecule has 0 atom stereocenters. The van der Waals surface area contributed by atoms with Crippen LogP contribution in [0.4, 0.5) is 22.0 Å². The molecule has 1 aromatic heterocycles. The van der Waals surface area contributed by atoms with Gasteiger partial charge >= 0.3 is 6.18 Å². The summed E-state index contributed by atoms with van der Waals surface area (Å²) in [5, 5.41) is 0.137. The number of alkyl halides is 6. The van der Waals surface area contributed by atoms with Gasteiger partial charge in [-0.05, 0) is 21.5 Å². The summed E-state index contributed by atoms with van der Waals surface area (Å²) in [4.78, 5) is 3.04. The monoisotopic (exact) mass is 367 g/mol. The number of aromatic nitrogens is 1. The van der Waals surface area contributed by atoms with E-state index in [4.69, 9.17) is 0 Å². The molecular formula is C8H4Br2F5N. The molecule has 0 saturated carbocycles. The van der Waals surface area contributed by atoms with Gasteiger partial charge in [0.15, 0.2) is 5.69 Å². The fourth-order valence-corrected chi connectivity index (χ4v) is 2.47. The summed E-state index contributed by atoms with van der Waals surface area (Å²) in [6.45, 7) is 0. The molecule has 1 nitrogen and oxygen atoms in total. The zero-order valence-electron chi connectivity index (χ0n) is 7.45. The topological polar surface area (TPSA) is 12.9 Å². The van der Waals surface area contributed by atoms with Gasteiger partial charge in [0.2, 0.25) is 0 Å². The van der Waals surface area contributed by atoms with Gasteiger partial charge in [-0.25, -0.2) is 8.78 Å². The van der Waals surface area contributed by atoms with Crippen LogP contribution in [0, 0.1) is 0 Å². The van der Waals surface area contributed by atoms with Crippen molar-refractivity contribution in [3.63, 3.8) is 0 Å². The lowest BCUT2D eigenvalue weighted by Crippen LogP contribution is -2.13. The zero-order chi connectivity index (χ0) is 12.5. The van der Waals surface area contributed by atoms with Gasteiger partial charge in [-0.2, -0.15) is 13.2 Å². The Bertz CT molecular complexity index is 391. The molecule has 0 saturated heterocycles. The molecule has 8 heteroatoms. The van der Waals surface area contributed by atoms with Crippen molar-refractivity contribution < 1.29 is 22.0 Å². The molecule has 90 valence electrons. The smallest absolute Gasteiger partial charge is 0.251 e. The minimum absolute atomic E-state index is 0.137. The summed E-state index contributed by atoms with van der Waals surface area (Å²) in [5.74, 6) is 0. The van der Waals surface area contributed by atoms with Gasteiger partial charge in [0, 0.05) is 16.0 Å². The van der Waals surface area contributed by atoms with Gasteiger partial charge in [0.05, 0.1) is 5.56 Å². The number of rotatable bonds is 2. The second kappa shape index (κ2) is 4.95. The summed E-state index contributed by atoms with van der Waals surface area (Å²) < 4.78 is 62.0. The Morgan fingerprint density at radius 1 is 1.31 bits per heavy atom. The number of halogens is 7. The molecule has 0 radical (unpaired) electrons. The van der Waals surface area contributed by atoms with Crippen molar-refractivity contribution in [2.75, 3.05) is 0 Å². The predicted octanol–water partition coefficient (Wildman–Crippen LogP) is 4.70. The van der Waals surface area contributed by atoms with E-state index in [0.717, 1.165) is 6.20 Å². The highest BCUT2D eigenvalue weighted by Crippen LogP contribution is 2.40. The highest BCUT2D eigenvalue weighted by molar-refractivity contribution is 9.10. The van der Waals surface area contributed by atoms with Gasteiger partial charge in [-0.1, -0.05) is 15.9 Å². The second-order valence-electron chi connectivity index (χ2n) is 2.79. The van der Waals surface area contributed by atoms with Crippen LogP contribution in [0.5, 0.6) is 0 Å². The molecule has 0 aliphatic carbocycles. The summed E-state index contributed by atoms with van der Waals surface area (Å²) in [6, 6.07) is 0. The average molecular weight is 369 g/mol. The van der Waals surface area contributed by atoms with Crippen LogP contribution in [-0.4, -0.2) is 4.98 Å². The van der Waals surface area contributed by atoms with Crippen LogP contribution in [0.1, 0.15) is 23.2 Å². The predicted molar refractivity (Wildman–Crippen MR) is 54.5 cm³/mol. The van der Waals surface area contributed by atoms with Crippen molar-refractivity contribution in [1.82, 2.24) is 4.98 Å². The molecule has 0 N–H and O–H groups in total. The molecule has 0 bridgehead atoms. The summed E-state index contributed by atoms with van der Waals surface area (Å²) >= 11 is 5.71. The minimum Gasteiger partial charge on any atom is -0.251 e. The molecule has 0 aliphatic heterocycles. The van der Waals surface area contributed by atoms with E-state index in [2.05, 4.69) is 36.8 Å². The van der Waals surface area contributed by atoms with Crippen molar-refractivity contribution in [3.8, 4) is 0 Å². The highest BCUT2D eigenvalue weighted by atomic mass is 79.9.